The van der Waals surface area contributed by atoms with Crippen molar-refractivity contribution in [3.05, 3.63) is 194 Å². The van der Waals surface area contributed by atoms with E-state index in [0.29, 0.717) is 5.89 Å². The maximum atomic E-state index is 6.58. The van der Waals surface area contributed by atoms with Crippen LogP contribution in [0, 0.1) is 0 Å². The lowest BCUT2D eigenvalue weighted by atomic mass is 9.94. The van der Waals surface area contributed by atoms with E-state index >= 15 is 0 Å². The van der Waals surface area contributed by atoms with E-state index in [9.17, 15) is 0 Å². The number of nitrogens with zero attached hydrogens (tertiary/aromatic N) is 2. The van der Waals surface area contributed by atoms with Gasteiger partial charge in [-0.3, -0.25) is 0 Å². The molecule has 0 saturated carbocycles. The van der Waals surface area contributed by atoms with Crippen molar-refractivity contribution in [2.45, 2.75) is 0 Å². The summed E-state index contributed by atoms with van der Waals surface area (Å²) >= 11 is 0. The van der Waals surface area contributed by atoms with Gasteiger partial charge in [0.2, 0.25) is 5.89 Å². The average Bonchev–Trinajstić information content (AvgIpc) is 3.85. The molecule has 0 unspecified atom stereocenters. The molecule has 4 heteroatoms. The molecule has 0 fully saturated rings. The second kappa shape index (κ2) is 12.6. The summed E-state index contributed by atoms with van der Waals surface area (Å²) in [6, 6.07) is 68.1. The molecule has 0 aliphatic heterocycles. The van der Waals surface area contributed by atoms with Gasteiger partial charge in [-0.05, 0) is 99.1 Å². The van der Waals surface area contributed by atoms with E-state index in [0.717, 1.165) is 82.9 Å². The number of oxazole rings is 1. The van der Waals surface area contributed by atoms with Gasteiger partial charge < -0.3 is 13.7 Å². The van der Waals surface area contributed by atoms with Crippen LogP contribution in [0.1, 0.15) is 0 Å². The number of hydrogen-bond donors (Lipinski definition) is 0. The SMILES string of the molecule is c1ccc(-c2ccc(N(c3ccccc3)c3ccc(-c4ccc5oc6cc7ccccc7c(-c7nc8ccccc8o7)c6c5c4)c4ccccc34)cc2)cc1. The molecular weight excluding hydrogens is 673 g/mol. The van der Waals surface area contributed by atoms with Crippen LogP contribution in [-0.2, 0) is 0 Å². The molecule has 0 spiro atoms. The maximum Gasteiger partial charge on any atom is 0.228 e. The molecule has 0 radical (unpaired) electrons. The van der Waals surface area contributed by atoms with Gasteiger partial charge in [-0.2, -0.15) is 0 Å². The van der Waals surface area contributed by atoms with Crippen LogP contribution in [0.25, 0.3) is 88.3 Å². The van der Waals surface area contributed by atoms with Crippen LogP contribution < -0.4 is 4.90 Å². The zero-order chi connectivity index (χ0) is 36.3. The number of hydrogen-bond acceptors (Lipinski definition) is 4. The molecular formula is C51H32N2O2. The lowest BCUT2D eigenvalue weighted by molar-refractivity contribution is 0.621. The Balaban J connectivity index is 1.09. The van der Waals surface area contributed by atoms with Crippen molar-refractivity contribution in [1.82, 2.24) is 4.98 Å². The first-order chi connectivity index (χ1) is 27.3. The van der Waals surface area contributed by atoms with Gasteiger partial charge in [0.15, 0.2) is 5.58 Å². The minimum absolute atomic E-state index is 0.587. The molecule has 11 rings (SSSR count). The van der Waals surface area contributed by atoms with E-state index in [4.69, 9.17) is 13.8 Å². The Hall–Kier alpha value is -7.43. The Labute approximate surface area is 317 Å². The van der Waals surface area contributed by atoms with Gasteiger partial charge in [0.1, 0.15) is 16.7 Å². The van der Waals surface area contributed by atoms with E-state index in [1.54, 1.807) is 0 Å². The van der Waals surface area contributed by atoms with Crippen molar-refractivity contribution in [1.29, 1.82) is 0 Å². The number of rotatable bonds is 6. The Morgan fingerprint density at radius 2 is 1.05 bits per heavy atom. The average molecular weight is 705 g/mol. The number of fused-ring (bicyclic) bond motifs is 6. The fourth-order valence-electron chi connectivity index (χ4n) is 8.14. The molecule has 258 valence electrons. The molecule has 55 heavy (non-hydrogen) atoms. The molecule has 4 nitrogen and oxygen atoms in total. The second-order valence-corrected chi connectivity index (χ2v) is 13.9. The predicted octanol–water partition coefficient (Wildman–Crippen LogP) is 14.5. The maximum absolute atomic E-state index is 6.58. The van der Waals surface area contributed by atoms with E-state index < -0.39 is 0 Å². The van der Waals surface area contributed by atoms with Gasteiger partial charge in [-0.15, -0.1) is 0 Å². The van der Waals surface area contributed by atoms with Crippen molar-refractivity contribution in [2.75, 3.05) is 4.90 Å². The highest BCUT2D eigenvalue weighted by atomic mass is 16.3. The van der Waals surface area contributed by atoms with Crippen LogP contribution in [-0.4, -0.2) is 4.98 Å². The molecule has 0 aliphatic rings. The first-order valence-corrected chi connectivity index (χ1v) is 18.5. The van der Waals surface area contributed by atoms with Crippen molar-refractivity contribution in [3.8, 4) is 33.7 Å². The molecule has 2 aromatic heterocycles. The van der Waals surface area contributed by atoms with Crippen LogP contribution in [0.3, 0.4) is 0 Å². The van der Waals surface area contributed by atoms with Gasteiger partial charge in [0.25, 0.3) is 0 Å². The minimum Gasteiger partial charge on any atom is -0.456 e. The van der Waals surface area contributed by atoms with E-state index in [-0.39, 0.29) is 0 Å². The summed E-state index contributed by atoms with van der Waals surface area (Å²) in [5.74, 6) is 0.587. The van der Waals surface area contributed by atoms with Crippen molar-refractivity contribution in [3.63, 3.8) is 0 Å². The molecule has 0 aliphatic carbocycles. The van der Waals surface area contributed by atoms with Gasteiger partial charge in [0, 0.05) is 27.5 Å². The summed E-state index contributed by atoms with van der Waals surface area (Å²) in [5, 5.41) is 6.49. The standard InChI is InChI=1S/C51H32N2O2/c1-3-13-33(14-4-1)34-23-26-38(27-24-34)53(37-16-5-2-6-17-37)45-29-28-39(41-19-9-10-20-42(41)45)36-25-30-46-43(31-36)49-48(54-46)32-35-15-7-8-18-40(35)50(49)51-52-44-21-11-12-22-47(44)55-51/h1-32H. The van der Waals surface area contributed by atoms with E-state index in [1.807, 2.05) is 24.3 Å². The van der Waals surface area contributed by atoms with Gasteiger partial charge >= 0.3 is 0 Å². The summed E-state index contributed by atoms with van der Waals surface area (Å²) in [6.07, 6.45) is 0. The number of benzene rings is 9. The van der Waals surface area contributed by atoms with E-state index in [2.05, 4.69) is 175 Å². The van der Waals surface area contributed by atoms with Crippen LogP contribution in [0.4, 0.5) is 17.1 Å². The third kappa shape index (κ3) is 5.19. The first kappa shape index (κ1) is 31.1. The van der Waals surface area contributed by atoms with Gasteiger partial charge in [0.05, 0.1) is 11.3 Å². The molecule has 0 amide bonds. The second-order valence-electron chi connectivity index (χ2n) is 13.9. The fourth-order valence-corrected chi connectivity index (χ4v) is 8.14. The Morgan fingerprint density at radius 1 is 0.400 bits per heavy atom. The Kier molecular flexibility index (Phi) is 7.14. The molecule has 9 aromatic carbocycles. The number of aromatic nitrogens is 1. The molecule has 0 saturated heterocycles. The quantitative estimate of drug-likeness (QED) is 0.173. The zero-order valence-corrected chi connectivity index (χ0v) is 29.7. The summed E-state index contributed by atoms with van der Waals surface area (Å²) in [4.78, 5) is 7.33. The Bertz CT molecular complexity index is 3170. The highest BCUT2D eigenvalue weighted by Crippen LogP contribution is 2.46. The third-order valence-corrected chi connectivity index (χ3v) is 10.7. The van der Waals surface area contributed by atoms with Crippen molar-refractivity contribution >= 4 is 71.6 Å². The smallest absolute Gasteiger partial charge is 0.228 e. The first-order valence-electron chi connectivity index (χ1n) is 18.5. The molecule has 0 N–H and O–H groups in total. The van der Waals surface area contributed by atoms with Crippen LogP contribution in [0.2, 0.25) is 0 Å². The topological polar surface area (TPSA) is 42.4 Å². The number of para-hydroxylation sites is 3. The molecule has 0 atom stereocenters. The lowest BCUT2D eigenvalue weighted by Gasteiger charge is -2.27. The fraction of sp³-hybridized carbons (Fsp3) is 0. The number of furan rings is 1. The Morgan fingerprint density at radius 3 is 1.87 bits per heavy atom. The van der Waals surface area contributed by atoms with Crippen LogP contribution >= 0.6 is 0 Å². The monoisotopic (exact) mass is 704 g/mol. The minimum atomic E-state index is 0.587. The summed E-state index contributed by atoms with van der Waals surface area (Å²) in [6.45, 7) is 0. The van der Waals surface area contributed by atoms with Gasteiger partial charge in [-0.25, -0.2) is 4.98 Å². The van der Waals surface area contributed by atoms with Gasteiger partial charge in [-0.1, -0.05) is 133 Å². The highest BCUT2D eigenvalue weighted by molar-refractivity contribution is 6.21. The van der Waals surface area contributed by atoms with Crippen molar-refractivity contribution in [2.24, 2.45) is 0 Å². The van der Waals surface area contributed by atoms with Crippen molar-refractivity contribution < 1.29 is 8.83 Å². The molecule has 11 aromatic rings. The number of anilines is 3. The van der Waals surface area contributed by atoms with Crippen LogP contribution in [0.5, 0.6) is 0 Å². The van der Waals surface area contributed by atoms with Crippen LogP contribution in [0.15, 0.2) is 203 Å². The summed E-state index contributed by atoms with van der Waals surface area (Å²) < 4.78 is 13.0. The predicted molar refractivity (Wildman–Crippen MR) is 227 cm³/mol. The van der Waals surface area contributed by atoms with E-state index in [1.165, 1.54) is 16.5 Å². The molecule has 2 heterocycles. The highest BCUT2D eigenvalue weighted by Gasteiger charge is 2.22. The molecule has 0 bridgehead atoms. The summed E-state index contributed by atoms with van der Waals surface area (Å²) in [7, 11) is 0. The normalized spacial score (nSPS) is 11.6. The zero-order valence-electron chi connectivity index (χ0n) is 29.7. The lowest BCUT2D eigenvalue weighted by Crippen LogP contribution is -2.10. The largest absolute Gasteiger partial charge is 0.456 e. The summed E-state index contributed by atoms with van der Waals surface area (Å²) in [5.41, 5.74) is 12.1. The third-order valence-electron chi connectivity index (χ3n) is 10.7.